The maximum Gasteiger partial charge on any atom is 0.305 e. The van der Waals surface area contributed by atoms with E-state index < -0.39 is 12.1 Å². The number of rotatable bonds is 63. The Morgan fingerprint density at radius 3 is 1.03 bits per heavy atom. The zero-order valence-electron chi connectivity index (χ0n) is 50.1. The Balaban J connectivity index is 3.42. The summed E-state index contributed by atoms with van der Waals surface area (Å²) in [6, 6.07) is -0.546. The van der Waals surface area contributed by atoms with Crippen LogP contribution < -0.4 is 5.32 Å². The fraction of sp³-hybridized carbons (Fsp3) is 0.912. The SMILES string of the molecule is CCCCCCCCCCCCCCCCCCCCC(O)C(CO)NC(=O)CCCCCCCCCCC/C=C\C/C=C\CCCCCCCCCCCOC(=O)CCCCCCCCCCCCCCCC. The Kier molecular flexibility index (Phi) is 62.4. The van der Waals surface area contributed by atoms with Gasteiger partial charge in [-0.3, -0.25) is 9.59 Å². The predicted molar refractivity (Wildman–Crippen MR) is 324 cm³/mol. The van der Waals surface area contributed by atoms with Crippen LogP contribution in [0.2, 0.25) is 0 Å². The van der Waals surface area contributed by atoms with Gasteiger partial charge in [0.2, 0.25) is 5.91 Å². The van der Waals surface area contributed by atoms with Crippen molar-refractivity contribution >= 4 is 11.9 Å². The van der Waals surface area contributed by atoms with E-state index in [4.69, 9.17) is 4.74 Å². The molecule has 6 nitrogen and oxygen atoms in total. The second-order valence-corrected chi connectivity index (χ2v) is 23.2. The quantitative estimate of drug-likeness (QED) is 0.0320. The maximum absolute atomic E-state index is 12.5. The molecule has 0 aromatic rings. The third-order valence-corrected chi connectivity index (χ3v) is 15.8. The van der Waals surface area contributed by atoms with E-state index in [1.54, 1.807) is 0 Å². The standard InChI is InChI=1S/C68H131NO5/c1-3-5-7-9-11-13-15-17-19-20-30-33-36-40-44-48-52-56-60-66(71)65(64-70)69-67(72)61-57-53-49-45-41-37-34-31-28-26-24-22-21-23-25-27-29-32-35-39-43-47-51-55-59-63-74-68(73)62-58-54-50-46-42-38-18-16-14-12-10-8-6-4-2/h22-25,65-66,70-71H,3-21,26-64H2,1-2H3,(H,69,72)/b24-22-,25-23-. The van der Waals surface area contributed by atoms with Crippen molar-refractivity contribution in [2.75, 3.05) is 13.2 Å². The van der Waals surface area contributed by atoms with Gasteiger partial charge in [-0.05, 0) is 57.8 Å². The Morgan fingerprint density at radius 1 is 0.378 bits per heavy atom. The molecule has 74 heavy (non-hydrogen) atoms. The van der Waals surface area contributed by atoms with Crippen LogP contribution in [0.1, 0.15) is 373 Å². The topological polar surface area (TPSA) is 95.9 Å². The number of hydrogen-bond donors (Lipinski definition) is 3. The van der Waals surface area contributed by atoms with Crippen molar-refractivity contribution in [1.29, 1.82) is 0 Å². The molecule has 0 radical (unpaired) electrons. The number of carbonyl (C=O) groups excluding carboxylic acids is 2. The molecule has 1 amide bonds. The molecule has 0 heterocycles. The van der Waals surface area contributed by atoms with Crippen molar-refractivity contribution < 1.29 is 24.5 Å². The largest absolute Gasteiger partial charge is 0.466 e. The highest BCUT2D eigenvalue weighted by Gasteiger charge is 2.20. The molecule has 0 saturated heterocycles. The predicted octanol–water partition coefficient (Wildman–Crippen LogP) is 21.4. The Labute approximate surface area is 462 Å². The third-order valence-electron chi connectivity index (χ3n) is 15.8. The van der Waals surface area contributed by atoms with Crippen LogP contribution in [-0.2, 0) is 14.3 Å². The van der Waals surface area contributed by atoms with E-state index in [1.807, 2.05) is 0 Å². The van der Waals surface area contributed by atoms with Gasteiger partial charge in [-0.2, -0.15) is 0 Å². The van der Waals surface area contributed by atoms with Crippen LogP contribution >= 0.6 is 0 Å². The lowest BCUT2D eigenvalue weighted by Crippen LogP contribution is -2.45. The Bertz CT molecular complexity index is 1150. The second-order valence-electron chi connectivity index (χ2n) is 23.2. The summed E-state index contributed by atoms with van der Waals surface area (Å²) < 4.78 is 5.48. The number of aliphatic hydroxyl groups is 2. The van der Waals surface area contributed by atoms with Gasteiger partial charge >= 0.3 is 5.97 Å². The van der Waals surface area contributed by atoms with Crippen molar-refractivity contribution in [2.24, 2.45) is 0 Å². The van der Waals surface area contributed by atoms with E-state index in [0.29, 0.717) is 25.9 Å². The molecule has 0 bridgehead atoms. The van der Waals surface area contributed by atoms with Gasteiger partial charge < -0.3 is 20.3 Å². The van der Waals surface area contributed by atoms with Gasteiger partial charge in [0, 0.05) is 12.8 Å². The van der Waals surface area contributed by atoms with E-state index in [-0.39, 0.29) is 18.5 Å². The number of ether oxygens (including phenoxy) is 1. The summed E-state index contributed by atoms with van der Waals surface area (Å²) in [7, 11) is 0. The third kappa shape index (κ3) is 59.6. The first-order valence-corrected chi connectivity index (χ1v) is 33.6. The van der Waals surface area contributed by atoms with Gasteiger partial charge in [-0.1, -0.05) is 327 Å². The monoisotopic (exact) mass is 1040 g/mol. The summed E-state index contributed by atoms with van der Waals surface area (Å²) in [6.45, 7) is 4.98. The molecule has 0 aliphatic rings. The summed E-state index contributed by atoms with van der Waals surface area (Å²) in [6.07, 6.45) is 79.2. The molecule has 2 atom stereocenters. The van der Waals surface area contributed by atoms with E-state index in [0.717, 1.165) is 44.9 Å². The zero-order chi connectivity index (χ0) is 53.6. The lowest BCUT2D eigenvalue weighted by Gasteiger charge is -2.22. The fourth-order valence-corrected chi connectivity index (χ4v) is 10.6. The number of esters is 1. The number of amides is 1. The highest BCUT2D eigenvalue weighted by Crippen LogP contribution is 2.18. The molecule has 0 fully saturated rings. The van der Waals surface area contributed by atoms with E-state index >= 15 is 0 Å². The molecular weight excluding hydrogens is 911 g/mol. The van der Waals surface area contributed by atoms with Crippen LogP contribution in [0.15, 0.2) is 24.3 Å². The number of nitrogens with one attached hydrogen (secondary N) is 1. The molecule has 0 spiro atoms. The van der Waals surface area contributed by atoms with Gasteiger partial charge in [0.25, 0.3) is 0 Å². The van der Waals surface area contributed by atoms with E-state index in [2.05, 4.69) is 43.5 Å². The number of unbranched alkanes of at least 4 members (excludes halogenated alkanes) is 48. The molecule has 0 aliphatic heterocycles. The molecule has 3 N–H and O–H groups in total. The van der Waals surface area contributed by atoms with E-state index in [9.17, 15) is 19.8 Å². The summed E-state index contributed by atoms with van der Waals surface area (Å²) in [4.78, 5) is 24.6. The molecule has 438 valence electrons. The first-order chi connectivity index (χ1) is 36.5. The number of aliphatic hydroxyl groups excluding tert-OH is 2. The Morgan fingerprint density at radius 2 is 0.676 bits per heavy atom. The minimum Gasteiger partial charge on any atom is -0.466 e. The van der Waals surface area contributed by atoms with Crippen molar-refractivity contribution in [1.82, 2.24) is 5.32 Å². The van der Waals surface area contributed by atoms with Crippen LogP contribution in [-0.4, -0.2) is 47.4 Å². The second kappa shape index (κ2) is 63.9. The van der Waals surface area contributed by atoms with Crippen LogP contribution in [0.5, 0.6) is 0 Å². The van der Waals surface area contributed by atoms with Crippen LogP contribution in [0.4, 0.5) is 0 Å². The van der Waals surface area contributed by atoms with Crippen molar-refractivity contribution in [3.8, 4) is 0 Å². The molecule has 0 aliphatic carbocycles. The number of hydrogen-bond acceptors (Lipinski definition) is 5. The first kappa shape index (κ1) is 72.3. The first-order valence-electron chi connectivity index (χ1n) is 33.6. The maximum atomic E-state index is 12.5. The normalized spacial score (nSPS) is 12.6. The highest BCUT2D eigenvalue weighted by molar-refractivity contribution is 5.76. The van der Waals surface area contributed by atoms with Crippen LogP contribution in [0, 0.1) is 0 Å². The summed E-state index contributed by atoms with van der Waals surface area (Å²) in [5.74, 6) is -0.0259. The summed E-state index contributed by atoms with van der Waals surface area (Å²) in [5.41, 5.74) is 0. The van der Waals surface area contributed by atoms with Crippen LogP contribution in [0.25, 0.3) is 0 Å². The number of allylic oxidation sites excluding steroid dienone is 4. The molecule has 0 aromatic carbocycles. The average Bonchev–Trinajstić information content (AvgIpc) is 3.40. The molecule has 0 aromatic heterocycles. The molecule has 0 saturated carbocycles. The summed E-state index contributed by atoms with van der Waals surface area (Å²) >= 11 is 0. The minimum absolute atomic E-state index is 0.0119. The van der Waals surface area contributed by atoms with Gasteiger partial charge in [-0.15, -0.1) is 0 Å². The van der Waals surface area contributed by atoms with Gasteiger partial charge in [0.1, 0.15) is 0 Å². The Hall–Kier alpha value is -1.66. The zero-order valence-corrected chi connectivity index (χ0v) is 50.1. The fourth-order valence-electron chi connectivity index (χ4n) is 10.6. The lowest BCUT2D eigenvalue weighted by molar-refractivity contribution is -0.143. The molecular formula is C68H131NO5. The minimum atomic E-state index is -0.669. The van der Waals surface area contributed by atoms with Crippen LogP contribution in [0.3, 0.4) is 0 Å². The molecule has 2 unspecified atom stereocenters. The summed E-state index contributed by atoms with van der Waals surface area (Å²) in [5, 5.41) is 23.4. The number of carbonyl (C=O) groups is 2. The van der Waals surface area contributed by atoms with Crippen molar-refractivity contribution in [2.45, 2.75) is 386 Å². The van der Waals surface area contributed by atoms with E-state index in [1.165, 1.54) is 295 Å². The average molecular weight is 1040 g/mol. The molecule has 6 heteroatoms. The van der Waals surface area contributed by atoms with Crippen molar-refractivity contribution in [3.63, 3.8) is 0 Å². The van der Waals surface area contributed by atoms with Gasteiger partial charge in [0.05, 0.1) is 25.4 Å². The van der Waals surface area contributed by atoms with Gasteiger partial charge in [0.15, 0.2) is 0 Å². The van der Waals surface area contributed by atoms with Crippen molar-refractivity contribution in [3.05, 3.63) is 24.3 Å². The lowest BCUT2D eigenvalue weighted by atomic mass is 10.0. The molecule has 0 rings (SSSR count). The smallest absolute Gasteiger partial charge is 0.305 e. The van der Waals surface area contributed by atoms with Gasteiger partial charge in [-0.25, -0.2) is 0 Å². The highest BCUT2D eigenvalue weighted by atomic mass is 16.5.